The van der Waals surface area contributed by atoms with E-state index in [1.54, 1.807) is 12.1 Å². The predicted molar refractivity (Wildman–Crippen MR) is 87.4 cm³/mol. The molecule has 21 heavy (non-hydrogen) atoms. The van der Waals surface area contributed by atoms with E-state index in [0.29, 0.717) is 22.2 Å². The molecular weight excluding hydrogens is 307 g/mol. The zero-order valence-electron chi connectivity index (χ0n) is 11.4. The van der Waals surface area contributed by atoms with Crippen LogP contribution >= 0.6 is 23.2 Å². The Morgan fingerprint density at radius 3 is 2.76 bits per heavy atom. The second-order valence-electron chi connectivity index (χ2n) is 5.13. The summed E-state index contributed by atoms with van der Waals surface area (Å²) in [5.74, 6) is -0.118. The smallest absolute Gasteiger partial charge is 0.247 e. The van der Waals surface area contributed by atoms with Crippen molar-refractivity contribution < 1.29 is 4.79 Å². The van der Waals surface area contributed by atoms with Gasteiger partial charge in [-0.1, -0.05) is 41.4 Å². The molecule has 3 rings (SSSR count). The summed E-state index contributed by atoms with van der Waals surface area (Å²) in [7, 11) is 0. The molecule has 1 heterocycles. The molecule has 5 heteroatoms. The second-order valence-corrected chi connectivity index (χ2v) is 5.94. The third kappa shape index (κ3) is 2.85. The Morgan fingerprint density at radius 2 is 2.00 bits per heavy atom. The third-order valence-corrected chi connectivity index (χ3v) is 4.31. The molecule has 0 aliphatic carbocycles. The van der Waals surface area contributed by atoms with Crippen LogP contribution in [0, 0.1) is 6.92 Å². The molecule has 0 bridgehead atoms. The van der Waals surface area contributed by atoms with Gasteiger partial charge in [0.1, 0.15) is 6.04 Å². The Kier molecular flexibility index (Phi) is 3.79. The highest BCUT2D eigenvalue weighted by Crippen LogP contribution is 2.30. The predicted octanol–water partition coefficient (Wildman–Crippen LogP) is 4.28. The molecule has 1 amide bonds. The van der Waals surface area contributed by atoms with Crippen LogP contribution in [0.25, 0.3) is 0 Å². The lowest BCUT2D eigenvalue weighted by Gasteiger charge is -2.14. The number of hydrogen-bond donors (Lipinski definition) is 2. The molecule has 2 aromatic rings. The number of para-hydroxylation sites is 1. The third-order valence-electron chi connectivity index (χ3n) is 3.59. The van der Waals surface area contributed by atoms with E-state index in [0.717, 1.165) is 16.8 Å². The van der Waals surface area contributed by atoms with Gasteiger partial charge in [0.2, 0.25) is 5.91 Å². The fourth-order valence-electron chi connectivity index (χ4n) is 2.42. The number of hydrogen-bond acceptors (Lipinski definition) is 2. The van der Waals surface area contributed by atoms with Gasteiger partial charge in [-0.3, -0.25) is 4.79 Å². The van der Waals surface area contributed by atoms with Gasteiger partial charge in [-0.15, -0.1) is 0 Å². The number of anilines is 2. The van der Waals surface area contributed by atoms with E-state index < -0.39 is 0 Å². The fourth-order valence-corrected chi connectivity index (χ4v) is 2.85. The summed E-state index contributed by atoms with van der Waals surface area (Å²) >= 11 is 12.2. The van der Waals surface area contributed by atoms with Gasteiger partial charge in [0.15, 0.2) is 0 Å². The molecule has 0 radical (unpaired) electrons. The summed E-state index contributed by atoms with van der Waals surface area (Å²) in [6, 6.07) is 11.0. The van der Waals surface area contributed by atoms with E-state index in [1.165, 1.54) is 0 Å². The lowest BCUT2D eigenvalue weighted by atomic mass is 10.1. The first-order chi connectivity index (χ1) is 10.0. The van der Waals surface area contributed by atoms with Crippen LogP contribution in [0.3, 0.4) is 0 Å². The Morgan fingerprint density at radius 1 is 1.24 bits per heavy atom. The van der Waals surface area contributed by atoms with Crippen LogP contribution in [0.1, 0.15) is 11.1 Å². The SMILES string of the molecule is Cc1cc(Cl)c(NC(=O)[C@@H]2Cc3ccccc3N2)cc1Cl. The Hall–Kier alpha value is -1.71. The zero-order chi connectivity index (χ0) is 15.0. The number of amides is 1. The van der Waals surface area contributed by atoms with Crippen molar-refractivity contribution in [2.24, 2.45) is 0 Å². The van der Waals surface area contributed by atoms with Crippen LogP contribution in [0.2, 0.25) is 10.0 Å². The van der Waals surface area contributed by atoms with Gasteiger partial charge in [0.25, 0.3) is 0 Å². The van der Waals surface area contributed by atoms with Crippen molar-refractivity contribution in [3.8, 4) is 0 Å². The first-order valence-electron chi connectivity index (χ1n) is 6.65. The molecule has 1 aliphatic heterocycles. The van der Waals surface area contributed by atoms with E-state index in [1.807, 2.05) is 31.2 Å². The highest BCUT2D eigenvalue weighted by Gasteiger charge is 2.26. The molecular formula is C16H14Cl2N2O. The van der Waals surface area contributed by atoms with Crippen molar-refractivity contribution in [3.05, 3.63) is 57.6 Å². The topological polar surface area (TPSA) is 41.1 Å². The van der Waals surface area contributed by atoms with Crippen LogP contribution < -0.4 is 10.6 Å². The molecule has 0 fully saturated rings. The maximum absolute atomic E-state index is 12.4. The monoisotopic (exact) mass is 320 g/mol. The van der Waals surface area contributed by atoms with Gasteiger partial charge in [-0.2, -0.15) is 0 Å². The molecule has 0 saturated carbocycles. The standard InChI is InChI=1S/C16H14Cl2N2O/c1-9-6-12(18)14(8-11(9)17)20-16(21)15-7-10-4-2-3-5-13(10)19-15/h2-6,8,15,19H,7H2,1H3,(H,20,21)/t15-/m0/s1. The Balaban J connectivity index is 1.75. The largest absolute Gasteiger partial charge is 0.373 e. The first-order valence-corrected chi connectivity index (χ1v) is 7.41. The van der Waals surface area contributed by atoms with Crippen molar-refractivity contribution in [3.63, 3.8) is 0 Å². The van der Waals surface area contributed by atoms with E-state index in [9.17, 15) is 4.79 Å². The minimum atomic E-state index is -0.293. The minimum Gasteiger partial charge on any atom is -0.373 e. The number of nitrogens with one attached hydrogen (secondary N) is 2. The van der Waals surface area contributed by atoms with Gasteiger partial charge in [0.05, 0.1) is 10.7 Å². The van der Waals surface area contributed by atoms with Crippen LogP contribution in [-0.2, 0) is 11.2 Å². The number of carbonyl (C=O) groups excluding carboxylic acids is 1. The molecule has 3 nitrogen and oxygen atoms in total. The molecule has 108 valence electrons. The van der Waals surface area contributed by atoms with Crippen LogP contribution in [-0.4, -0.2) is 11.9 Å². The van der Waals surface area contributed by atoms with Gasteiger partial charge in [-0.05, 0) is 36.2 Å². The minimum absolute atomic E-state index is 0.118. The van der Waals surface area contributed by atoms with E-state index in [2.05, 4.69) is 10.6 Å². The van der Waals surface area contributed by atoms with Crippen LogP contribution in [0.15, 0.2) is 36.4 Å². The average molecular weight is 321 g/mol. The van der Waals surface area contributed by atoms with Crippen LogP contribution in [0.4, 0.5) is 11.4 Å². The van der Waals surface area contributed by atoms with Crippen molar-refractivity contribution in [1.82, 2.24) is 0 Å². The summed E-state index contributed by atoms with van der Waals surface area (Å²) in [4.78, 5) is 12.4. The lowest BCUT2D eigenvalue weighted by molar-refractivity contribution is -0.116. The molecule has 0 spiro atoms. The van der Waals surface area contributed by atoms with E-state index >= 15 is 0 Å². The number of aryl methyl sites for hydroxylation is 1. The molecule has 2 N–H and O–H groups in total. The average Bonchev–Trinajstić information content (AvgIpc) is 2.88. The molecule has 1 atom stereocenters. The van der Waals surface area contributed by atoms with E-state index in [-0.39, 0.29) is 11.9 Å². The Labute approximate surface area is 133 Å². The van der Waals surface area contributed by atoms with Gasteiger partial charge < -0.3 is 10.6 Å². The summed E-state index contributed by atoms with van der Waals surface area (Å²) in [5.41, 5.74) is 3.57. The maximum Gasteiger partial charge on any atom is 0.247 e. The van der Waals surface area contributed by atoms with Gasteiger partial charge in [0, 0.05) is 17.1 Å². The molecule has 0 aromatic heterocycles. The zero-order valence-corrected chi connectivity index (χ0v) is 12.9. The summed E-state index contributed by atoms with van der Waals surface area (Å²) in [6.07, 6.45) is 0.666. The van der Waals surface area contributed by atoms with E-state index in [4.69, 9.17) is 23.2 Å². The number of rotatable bonds is 2. The van der Waals surface area contributed by atoms with Crippen molar-refractivity contribution in [1.29, 1.82) is 0 Å². The lowest BCUT2D eigenvalue weighted by Crippen LogP contribution is -2.32. The summed E-state index contributed by atoms with van der Waals surface area (Å²) < 4.78 is 0. The second kappa shape index (κ2) is 5.58. The highest BCUT2D eigenvalue weighted by molar-refractivity contribution is 6.36. The molecule has 1 aliphatic rings. The molecule has 0 saturated heterocycles. The summed E-state index contributed by atoms with van der Waals surface area (Å²) in [5, 5.41) is 7.12. The first kappa shape index (κ1) is 14.2. The number of halogens is 2. The summed E-state index contributed by atoms with van der Waals surface area (Å²) in [6.45, 7) is 1.87. The fraction of sp³-hybridized carbons (Fsp3) is 0.188. The van der Waals surface area contributed by atoms with Crippen LogP contribution in [0.5, 0.6) is 0 Å². The number of fused-ring (bicyclic) bond motifs is 1. The normalized spacial score (nSPS) is 16.2. The van der Waals surface area contributed by atoms with Crippen molar-refractivity contribution >= 4 is 40.5 Å². The van der Waals surface area contributed by atoms with Crippen molar-refractivity contribution in [2.45, 2.75) is 19.4 Å². The Bertz CT molecular complexity index is 690. The van der Waals surface area contributed by atoms with Crippen molar-refractivity contribution in [2.75, 3.05) is 10.6 Å². The number of carbonyl (C=O) groups is 1. The number of benzene rings is 2. The van der Waals surface area contributed by atoms with Gasteiger partial charge >= 0.3 is 0 Å². The molecule has 0 unspecified atom stereocenters. The quantitative estimate of drug-likeness (QED) is 0.867. The maximum atomic E-state index is 12.4. The molecule has 2 aromatic carbocycles. The van der Waals surface area contributed by atoms with Gasteiger partial charge in [-0.25, -0.2) is 0 Å². The highest BCUT2D eigenvalue weighted by atomic mass is 35.5.